The van der Waals surface area contributed by atoms with Crippen molar-refractivity contribution >= 4 is 0 Å². The summed E-state index contributed by atoms with van der Waals surface area (Å²) in [5.41, 5.74) is 1.75. The van der Waals surface area contributed by atoms with Crippen molar-refractivity contribution in [3.05, 3.63) is 35.4 Å². The van der Waals surface area contributed by atoms with Gasteiger partial charge in [0, 0.05) is 11.5 Å². The van der Waals surface area contributed by atoms with E-state index in [2.05, 4.69) is 24.8 Å². The lowest BCUT2D eigenvalue weighted by molar-refractivity contribution is 0.153. The van der Waals surface area contributed by atoms with E-state index in [0.717, 1.165) is 23.3 Å². The van der Waals surface area contributed by atoms with E-state index in [-0.39, 0.29) is 0 Å². The Hall–Kier alpha value is -1.73. The van der Waals surface area contributed by atoms with Crippen LogP contribution in [0.15, 0.2) is 24.3 Å². The second kappa shape index (κ2) is 11.3. The normalized spacial score (nSPS) is 27.4. The molecule has 0 bridgehead atoms. The second-order valence-electron chi connectivity index (χ2n) is 9.20. The molecule has 0 saturated heterocycles. The molecule has 0 heterocycles. The van der Waals surface area contributed by atoms with Gasteiger partial charge in [-0.05, 0) is 80.5 Å². The predicted molar refractivity (Wildman–Crippen MR) is 118 cm³/mol. The molecule has 0 spiro atoms. The third-order valence-corrected chi connectivity index (χ3v) is 7.23. The summed E-state index contributed by atoms with van der Waals surface area (Å²) in [5.74, 6) is 10.4. The number of nitriles is 1. The van der Waals surface area contributed by atoms with Gasteiger partial charge >= 0.3 is 0 Å². The van der Waals surface area contributed by atoms with E-state index in [1.165, 1.54) is 83.5 Å². The molecule has 2 saturated carbocycles. The van der Waals surface area contributed by atoms with Crippen LogP contribution in [0, 0.1) is 46.8 Å². The number of hydrogen-bond donors (Lipinski definition) is 0. The van der Waals surface area contributed by atoms with Crippen LogP contribution in [0.1, 0.15) is 102 Å². The summed E-state index contributed by atoms with van der Waals surface area (Å²) >= 11 is 0. The van der Waals surface area contributed by atoms with Crippen LogP contribution in [0.25, 0.3) is 0 Å². The Balaban J connectivity index is 1.37. The minimum Gasteiger partial charge on any atom is -0.192 e. The molecule has 150 valence electrons. The average Bonchev–Trinajstić information content (AvgIpc) is 2.76. The van der Waals surface area contributed by atoms with Gasteiger partial charge in [-0.2, -0.15) is 5.26 Å². The number of nitrogens with zero attached hydrogens (tertiary/aromatic N) is 1. The molecular weight excluding hydrogens is 338 g/mol. The smallest absolute Gasteiger partial charge is 0.0991 e. The van der Waals surface area contributed by atoms with Crippen molar-refractivity contribution < 1.29 is 0 Å². The van der Waals surface area contributed by atoms with Crippen molar-refractivity contribution in [2.75, 3.05) is 0 Å². The van der Waals surface area contributed by atoms with E-state index in [0.29, 0.717) is 11.5 Å². The van der Waals surface area contributed by atoms with Gasteiger partial charge in [0.25, 0.3) is 0 Å². The quantitative estimate of drug-likeness (QED) is 0.373. The molecule has 0 aromatic heterocycles. The van der Waals surface area contributed by atoms with Crippen LogP contribution in [0.5, 0.6) is 0 Å². The van der Waals surface area contributed by atoms with Gasteiger partial charge < -0.3 is 0 Å². The van der Waals surface area contributed by atoms with Crippen molar-refractivity contribution in [3.63, 3.8) is 0 Å². The minimum atomic E-state index is 0.571. The minimum absolute atomic E-state index is 0.571. The highest BCUT2D eigenvalue weighted by molar-refractivity contribution is 5.40. The van der Waals surface area contributed by atoms with Gasteiger partial charge in [-0.3, -0.25) is 0 Å². The summed E-state index contributed by atoms with van der Waals surface area (Å²) in [7, 11) is 0. The van der Waals surface area contributed by atoms with Gasteiger partial charge in [0.1, 0.15) is 0 Å². The lowest BCUT2D eigenvalue weighted by Gasteiger charge is -2.37. The molecule has 28 heavy (non-hydrogen) atoms. The molecule has 0 N–H and O–H groups in total. The standard InChI is InChI=1S/C27H37N/c1-2-3-4-5-6-22-13-17-26(18-14-22)27-19-15-24(16-20-27)8-7-23-9-11-25(21-28)12-10-23/h9-12,22,24,26-27H,2-6,13-20H2,1H3/t22-,24?,26-,27?. The molecule has 1 heteroatoms. The Bertz CT molecular complexity index is 668. The first-order chi connectivity index (χ1) is 13.8. The number of rotatable bonds is 6. The summed E-state index contributed by atoms with van der Waals surface area (Å²) in [6.45, 7) is 2.30. The van der Waals surface area contributed by atoms with Crippen molar-refractivity contribution in [3.8, 4) is 17.9 Å². The van der Waals surface area contributed by atoms with Crippen molar-refractivity contribution in [2.45, 2.75) is 90.4 Å². The first-order valence-electron chi connectivity index (χ1n) is 11.8. The first-order valence-corrected chi connectivity index (χ1v) is 11.8. The van der Waals surface area contributed by atoms with E-state index >= 15 is 0 Å². The maximum Gasteiger partial charge on any atom is 0.0991 e. The summed E-state index contributed by atoms with van der Waals surface area (Å²) in [5, 5.41) is 8.88. The van der Waals surface area contributed by atoms with E-state index in [4.69, 9.17) is 5.26 Å². The first kappa shape index (κ1) is 21.0. The zero-order valence-electron chi connectivity index (χ0n) is 17.8. The maximum absolute atomic E-state index is 8.88. The largest absolute Gasteiger partial charge is 0.192 e. The molecule has 0 unspecified atom stereocenters. The SMILES string of the molecule is CCCCCC[C@H]1CC[C@H](C2CCC(C#Cc3ccc(C#N)cc3)CC2)CC1. The van der Waals surface area contributed by atoms with E-state index in [1.54, 1.807) is 0 Å². The molecule has 2 fully saturated rings. The summed E-state index contributed by atoms with van der Waals surface area (Å²) in [6, 6.07) is 9.83. The summed E-state index contributed by atoms with van der Waals surface area (Å²) in [4.78, 5) is 0. The topological polar surface area (TPSA) is 23.8 Å². The Morgan fingerprint density at radius 1 is 0.786 bits per heavy atom. The molecular formula is C27H37N. The van der Waals surface area contributed by atoms with Gasteiger partial charge in [0.2, 0.25) is 0 Å². The van der Waals surface area contributed by atoms with Crippen LogP contribution >= 0.6 is 0 Å². The van der Waals surface area contributed by atoms with Gasteiger partial charge in [-0.25, -0.2) is 0 Å². The highest BCUT2D eigenvalue weighted by Crippen LogP contribution is 2.42. The third kappa shape index (κ3) is 6.41. The lowest BCUT2D eigenvalue weighted by atomic mass is 9.69. The number of benzene rings is 1. The van der Waals surface area contributed by atoms with Gasteiger partial charge in [0.15, 0.2) is 0 Å². The molecule has 0 radical (unpaired) electrons. The van der Waals surface area contributed by atoms with Crippen LogP contribution in [-0.4, -0.2) is 0 Å². The second-order valence-corrected chi connectivity index (χ2v) is 9.20. The van der Waals surface area contributed by atoms with Crippen molar-refractivity contribution in [1.29, 1.82) is 5.26 Å². The van der Waals surface area contributed by atoms with E-state index in [1.807, 2.05) is 24.3 Å². The van der Waals surface area contributed by atoms with E-state index in [9.17, 15) is 0 Å². The fraction of sp³-hybridized carbons (Fsp3) is 0.667. The molecule has 2 aliphatic rings. The van der Waals surface area contributed by atoms with E-state index < -0.39 is 0 Å². The summed E-state index contributed by atoms with van der Waals surface area (Å²) < 4.78 is 0. The fourth-order valence-electron chi connectivity index (χ4n) is 5.36. The Kier molecular flexibility index (Phi) is 8.48. The fourth-order valence-corrected chi connectivity index (χ4v) is 5.36. The van der Waals surface area contributed by atoms with Crippen LogP contribution in [-0.2, 0) is 0 Å². The molecule has 3 rings (SSSR count). The van der Waals surface area contributed by atoms with Crippen LogP contribution in [0.4, 0.5) is 0 Å². The van der Waals surface area contributed by atoms with Crippen LogP contribution < -0.4 is 0 Å². The monoisotopic (exact) mass is 375 g/mol. The molecule has 0 atom stereocenters. The molecule has 1 aromatic rings. The van der Waals surface area contributed by atoms with Crippen molar-refractivity contribution in [2.24, 2.45) is 23.7 Å². The zero-order chi connectivity index (χ0) is 19.6. The van der Waals surface area contributed by atoms with Crippen molar-refractivity contribution in [1.82, 2.24) is 0 Å². The zero-order valence-corrected chi connectivity index (χ0v) is 17.8. The highest BCUT2D eigenvalue weighted by atomic mass is 14.4. The predicted octanol–water partition coefficient (Wildman–Crippen LogP) is 7.49. The molecule has 0 amide bonds. The molecule has 2 aliphatic carbocycles. The van der Waals surface area contributed by atoms with Crippen LogP contribution in [0.2, 0.25) is 0 Å². The molecule has 0 aliphatic heterocycles. The Morgan fingerprint density at radius 3 is 2.00 bits per heavy atom. The number of hydrogen-bond acceptors (Lipinski definition) is 1. The van der Waals surface area contributed by atoms with Gasteiger partial charge in [0.05, 0.1) is 11.6 Å². The lowest BCUT2D eigenvalue weighted by Crippen LogP contribution is -2.25. The molecule has 1 nitrogen and oxygen atoms in total. The summed E-state index contributed by atoms with van der Waals surface area (Å²) in [6.07, 6.45) is 18.5. The van der Waals surface area contributed by atoms with Gasteiger partial charge in [-0.1, -0.05) is 63.7 Å². The Morgan fingerprint density at radius 2 is 1.39 bits per heavy atom. The van der Waals surface area contributed by atoms with Crippen LogP contribution in [0.3, 0.4) is 0 Å². The Labute approximate surface area is 172 Å². The van der Waals surface area contributed by atoms with Gasteiger partial charge in [-0.15, -0.1) is 0 Å². The highest BCUT2D eigenvalue weighted by Gasteiger charge is 2.30. The molecule has 1 aromatic carbocycles. The average molecular weight is 376 g/mol. The maximum atomic E-state index is 8.88. The number of unbranched alkanes of at least 4 members (excludes halogenated alkanes) is 3. The third-order valence-electron chi connectivity index (χ3n) is 7.23.